The van der Waals surface area contributed by atoms with Crippen LogP contribution in [0.1, 0.15) is 25.3 Å². The lowest BCUT2D eigenvalue weighted by Crippen LogP contribution is -2.36. The first-order valence-corrected chi connectivity index (χ1v) is 6.59. The van der Waals surface area contributed by atoms with E-state index in [0.717, 1.165) is 6.07 Å². The number of nitrogens with one attached hydrogen (secondary N) is 2. The number of halogens is 2. The fraction of sp³-hybridized carbons (Fsp3) is 0.429. The molecule has 1 aromatic rings. The molecule has 1 unspecified atom stereocenters. The molecule has 0 spiro atoms. The van der Waals surface area contributed by atoms with Crippen LogP contribution in [0.25, 0.3) is 0 Å². The molecule has 0 fully saturated rings. The van der Waals surface area contributed by atoms with Crippen LogP contribution in [0.4, 0.5) is 19.3 Å². The van der Waals surface area contributed by atoms with Crippen LogP contribution in [0, 0.1) is 24.5 Å². The van der Waals surface area contributed by atoms with Crippen LogP contribution in [0.15, 0.2) is 12.1 Å². The van der Waals surface area contributed by atoms with Gasteiger partial charge in [0.05, 0.1) is 5.92 Å². The third-order valence-corrected chi connectivity index (χ3v) is 3.02. The number of urea groups is 1. The van der Waals surface area contributed by atoms with Gasteiger partial charge in [-0.1, -0.05) is 19.4 Å². The molecule has 0 aliphatic heterocycles. The van der Waals surface area contributed by atoms with Crippen LogP contribution < -0.4 is 10.6 Å². The summed E-state index contributed by atoms with van der Waals surface area (Å²) in [6.45, 7) is 3.16. The molecule has 0 radical (unpaired) electrons. The van der Waals surface area contributed by atoms with E-state index in [1.165, 1.54) is 13.0 Å². The number of aliphatic carboxylic acids is 1. The Hall–Kier alpha value is -2.18. The number of anilines is 1. The van der Waals surface area contributed by atoms with Crippen molar-refractivity contribution in [2.75, 3.05) is 11.9 Å². The normalized spacial score (nSPS) is 11.8. The number of rotatable bonds is 6. The number of carbonyl (C=O) groups is 2. The number of carboxylic acid groups (broad SMARTS) is 1. The molecule has 5 nitrogen and oxygen atoms in total. The van der Waals surface area contributed by atoms with Crippen molar-refractivity contribution in [3.05, 3.63) is 29.3 Å². The Balaban J connectivity index is 2.66. The molecule has 1 aromatic carbocycles. The Labute approximate surface area is 121 Å². The Morgan fingerprint density at radius 1 is 1.33 bits per heavy atom. The van der Waals surface area contributed by atoms with Gasteiger partial charge in [0.15, 0.2) is 5.82 Å². The quantitative estimate of drug-likeness (QED) is 0.756. The van der Waals surface area contributed by atoms with Gasteiger partial charge in [0, 0.05) is 6.54 Å². The van der Waals surface area contributed by atoms with Gasteiger partial charge in [-0.3, -0.25) is 4.79 Å². The molecule has 0 aliphatic rings. The molecule has 21 heavy (non-hydrogen) atoms. The average molecular weight is 300 g/mol. The summed E-state index contributed by atoms with van der Waals surface area (Å²) in [7, 11) is 0. The molecule has 116 valence electrons. The first kappa shape index (κ1) is 16.9. The maximum atomic E-state index is 13.7. The Morgan fingerprint density at radius 2 is 2.00 bits per heavy atom. The average Bonchev–Trinajstić information content (AvgIpc) is 2.43. The molecular formula is C14H18F2N2O3. The van der Waals surface area contributed by atoms with Crippen molar-refractivity contribution in [2.24, 2.45) is 5.92 Å². The monoisotopic (exact) mass is 300 g/mol. The van der Waals surface area contributed by atoms with Gasteiger partial charge in [0.1, 0.15) is 11.5 Å². The van der Waals surface area contributed by atoms with Gasteiger partial charge < -0.3 is 15.7 Å². The fourth-order valence-electron chi connectivity index (χ4n) is 1.81. The van der Waals surface area contributed by atoms with Crippen LogP contribution >= 0.6 is 0 Å². The van der Waals surface area contributed by atoms with Crippen molar-refractivity contribution in [3.8, 4) is 0 Å². The molecule has 1 rings (SSSR count). The zero-order valence-electron chi connectivity index (χ0n) is 11.9. The number of benzene rings is 1. The number of carbonyl (C=O) groups excluding carboxylic acids is 1. The lowest BCUT2D eigenvalue weighted by Gasteiger charge is -2.14. The van der Waals surface area contributed by atoms with E-state index in [0.29, 0.717) is 12.8 Å². The first-order valence-electron chi connectivity index (χ1n) is 6.59. The number of hydrogen-bond donors (Lipinski definition) is 3. The van der Waals surface area contributed by atoms with Crippen LogP contribution in [-0.4, -0.2) is 23.7 Å². The van der Waals surface area contributed by atoms with Crippen molar-refractivity contribution in [1.82, 2.24) is 5.32 Å². The van der Waals surface area contributed by atoms with E-state index < -0.39 is 35.2 Å². The summed E-state index contributed by atoms with van der Waals surface area (Å²) in [6.07, 6.45) is 1.06. The number of carboxylic acids is 1. The summed E-state index contributed by atoms with van der Waals surface area (Å²) in [6, 6.07) is 1.46. The Kier molecular flexibility index (Phi) is 6.08. The van der Waals surface area contributed by atoms with Gasteiger partial charge in [-0.05, 0) is 25.0 Å². The molecular weight excluding hydrogens is 282 g/mol. The highest BCUT2D eigenvalue weighted by molar-refractivity contribution is 5.90. The summed E-state index contributed by atoms with van der Waals surface area (Å²) in [4.78, 5) is 22.5. The van der Waals surface area contributed by atoms with E-state index in [1.54, 1.807) is 0 Å². The van der Waals surface area contributed by atoms with E-state index in [1.807, 2.05) is 6.92 Å². The van der Waals surface area contributed by atoms with Crippen molar-refractivity contribution in [2.45, 2.75) is 26.7 Å². The van der Waals surface area contributed by atoms with Crippen molar-refractivity contribution in [1.29, 1.82) is 0 Å². The standard InChI is InChI=1S/C14H18F2N2O3/c1-3-4-9(13(19)20)7-17-14(21)18-12-10(15)6-5-8(2)11(12)16/h5-6,9H,3-4,7H2,1-2H3,(H,19,20)(H2,17,18,21). The maximum Gasteiger partial charge on any atom is 0.319 e. The highest BCUT2D eigenvalue weighted by Crippen LogP contribution is 2.21. The summed E-state index contributed by atoms with van der Waals surface area (Å²) >= 11 is 0. The second-order valence-corrected chi connectivity index (χ2v) is 4.71. The predicted octanol–water partition coefficient (Wildman–Crippen LogP) is 2.90. The van der Waals surface area contributed by atoms with Gasteiger partial charge in [0.2, 0.25) is 0 Å². The topological polar surface area (TPSA) is 78.4 Å². The van der Waals surface area contributed by atoms with Gasteiger partial charge in [0.25, 0.3) is 0 Å². The molecule has 7 heteroatoms. The lowest BCUT2D eigenvalue weighted by atomic mass is 10.0. The number of amides is 2. The van der Waals surface area contributed by atoms with Crippen LogP contribution in [0.3, 0.4) is 0 Å². The molecule has 0 heterocycles. The van der Waals surface area contributed by atoms with Crippen LogP contribution in [0.5, 0.6) is 0 Å². The van der Waals surface area contributed by atoms with Crippen molar-refractivity contribution in [3.63, 3.8) is 0 Å². The zero-order chi connectivity index (χ0) is 16.0. The van der Waals surface area contributed by atoms with Crippen molar-refractivity contribution < 1.29 is 23.5 Å². The summed E-state index contributed by atoms with van der Waals surface area (Å²) in [5, 5.41) is 13.3. The number of aryl methyl sites for hydroxylation is 1. The third-order valence-electron chi connectivity index (χ3n) is 3.02. The van der Waals surface area contributed by atoms with Crippen LogP contribution in [0.2, 0.25) is 0 Å². The Bertz CT molecular complexity index is 535. The molecule has 0 aromatic heterocycles. The minimum Gasteiger partial charge on any atom is -0.481 e. The second kappa shape index (κ2) is 7.56. The highest BCUT2D eigenvalue weighted by atomic mass is 19.1. The summed E-state index contributed by atoms with van der Waals surface area (Å²) in [5.41, 5.74) is -0.351. The molecule has 0 aliphatic carbocycles. The van der Waals surface area contributed by atoms with E-state index in [4.69, 9.17) is 5.11 Å². The first-order chi connectivity index (χ1) is 9.86. The van der Waals surface area contributed by atoms with E-state index in [9.17, 15) is 18.4 Å². The largest absolute Gasteiger partial charge is 0.481 e. The highest BCUT2D eigenvalue weighted by Gasteiger charge is 2.18. The van der Waals surface area contributed by atoms with Gasteiger partial charge >= 0.3 is 12.0 Å². The molecule has 2 amide bonds. The van der Waals surface area contributed by atoms with E-state index in [2.05, 4.69) is 10.6 Å². The van der Waals surface area contributed by atoms with Gasteiger partial charge in [-0.25, -0.2) is 13.6 Å². The molecule has 0 saturated heterocycles. The minimum atomic E-state index is -1.02. The predicted molar refractivity (Wildman–Crippen MR) is 74.2 cm³/mol. The van der Waals surface area contributed by atoms with Crippen LogP contribution in [-0.2, 0) is 4.79 Å². The summed E-state index contributed by atoms with van der Waals surface area (Å²) in [5.74, 6) is -3.50. The minimum absolute atomic E-state index is 0.107. The Morgan fingerprint density at radius 3 is 2.57 bits per heavy atom. The smallest absolute Gasteiger partial charge is 0.319 e. The zero-order valence-corrected chi connectivity index (χ0v) is 11.9. The molecule has 0 bridgehead atoms. The van der Waals surface area contributed by atoms with E-state index in [-0.39, 0.29) is 12.1 Å². The maximum absolute atomic E-state index is 13.7. The molecule has 3 N–H and O–H groups in total. The fourth-order valence-corrected chi connectivity index (χ4v) is 1.81. The van der Waals surface area contributed by atoms with Gasteiger partial charge in [-0.2, -0.15) is 0 Å². The molecule has 0 saturated carbocycles. The second-order valence-electron chi connectivity index (χ2n) is 4.71. The SMILES string of the molecule is CCCC(CNC(=O)Nc1c(F)ccc(C)c1F)C(=O)O. The lowest BCUT2D eigenvalue weighted by molar-refractivity contribution is -0.141. The van der Waals surface area contributed by atoms with E-state index >= 15 is 0 Å². The third kappa shape index (κ3) is 4.70. The molecule has 1 atom stereocenters. The van der Waals surface area contributed by atoms with Crippen molar-refractivity contribution >= 4 is 17.7 Å². The number of hydrogen-bond acceptors (Lipinski definition) is 2. The van der Waals surface area contributed by atoms with Gasteiger partial charge in [-0.15, -0.1) is 0 Å². The summed E-state index contributed by atoms with van der Waals surface area (Å²) < 4.78 is 27.2.